The van der Waals surface area contributed by atoms with Crippen LogP contribution < -0.4 is 4.90 Å². The number of anilines is 1. The van der Waals surface area contributed by atoms with Crippen molar-refractivity contribution in [2.24, 2.45) is 11.8 Å². The largest absolute Gasteiger partial charge is 0.444 e. The Balaban J connectivity index is 1.26. The number of piperidine rings is 1. The van der Waals surface area contributed by atoms with Crippen molar-refractivity contribution >= 4 is 29.4 Å². The van der Waals surface area contributed by atoms with Gasteiger partial charge in [-0.15, -0.1) is 0 Å². The molecule has 3 aliphatic rings. The molecular weight excluding hydrogens is 506 g/mol. The number of amides is 3. The topological polar surface area (TPSA) is 108 Å². The van der Waals surface area contributed by atoms with E-state index in [9.17, 15) is 24.4 Å². The molecule has 2 bridgehead atoms. The summed E-state index contributed by atoms with van der Waals surface area (Å²) in [6.07, 6.45) is 2.91. The highest BCUT2D eigenvalue weighted by Crippen LogP contribution is 2.44. The Bertz CT molecular complexity index is 1400. The van der Waals surface area contributed by atoms with Crippen LogP contribution in [-0.2, 0) is 32.0 Å². The van der Waals surface area contributed by atoms with Gasteiger partial charge < -0.3 is 4.74 Å². The summed E-state index contributed by atoms with van der Waals surface area (Å²) in [6, 6.07) is 15.3. The van der Waals surface area contributed by atoms with Gasteiger partial charge in [0.25, 0.3) is 0 Å². The lowest BCUT2D eigenvalue weighted by Gasteiger charge is -2.35. The fraction of sp³-hybridized carbons (Fsp3) is 0.469. The van der Waals surface area contributed by atoms with Gasteiger partial charge in [0.15, 0.2) is 5.78 Å². The minimum absolute atomic E-state index is 0.0294. The molecule has 0 N–H and O–H groups in total. The van der Waals surface area contributed by atoms with Crippen molar-refractivity contribution in [2.45, 2.75) is 83.9 Å². The van der Waals surface area contributed by atoms with Crippen LogP contribution in [0.3, 0.4) is 0 Å². The molecule has 1 saturated carbocycles. The third-order valence-electron chi connectivity index (χ3n) is 8.15. The summed E-state index contributed by atoms with van der Waals surface area (Å²) in [7, 11) is 0. The second kappa shape index (κ2) is 10.5. The Morgan fingerprint density at radius 1 is 1.07 bits per heavy atom. The summed E-state index contributed by atoms with van der Waals surface area (Å²) in [5.41, 5.74) is 3.57. The number of carbonyl (C=O) groups excluding carboxylic acids is 4. The quantitative estimate of drug-likeness (QED) is 0.496. The zero-order valence-corrected chi connectivity index (χ0v) is 23.5. The van der Waals surface area contributed by atoms with Crippen molar-refractivity contribution in [1.29, 1.82) is 5.26 Å². The van der Waals surface area contributed by atoms with Crippen molar-refractivity contribution in [2.75, 3.05) is 4.90 Å². The monoisotopic (exact) mass is 541 g/mol. The normalized spacial score (nSPS) is 22.2. The Labute approximate surface area is 234 Å². The van der Waals surface area contributed by atoms with Crippen LogP contribution in [-0.4, -0.2) is 46.3 Å². The molecule has 2 heterocycles. The summed E-state index contributed by atoms with van der Waals surface area (Å²) in [4.78, 5) is 53.5. The molecule has 208 valence electrons. The summed E-state index contributed by atoms with van der Waals surface area (Å²) < 4.78 is 5.61. The zero-order chi connectivity index (χ0) is 28.8. The van der Waals surface area contributed by atoms with Crippen LogP contribution in [0.1, 0.15) is 64.5 Å². The number of rotatable bonds is 6. The second-order valence-corrected chi connectivity index (χ2v) is 12.2. The SMILES string of the molecule is CC(=O)N1C(=O)Cc2ccc(-c3ccc(C[C@@H](C#N)CC(=O)[C@@H]4[C@H]5CC[C@H](C5)N4C(=O)OC(C)(C)C)cc3)cc21. The number of benzene rings is 2. The number of imide groups is 1. The van der Waals surface area contributed by atoms with Crippen molar-refractivity contribution in [3.63, 3.8) is 0 Å². The smallest absolute Gasteiger partial charge is 0.411 e. The molecule has 1 aliphatic carbocycles. The van der Waals surface area contributed by atoms with Crippen LogP contribution in [0.5, 0.6) is 0 Å². The number of hydrogen-bond donors (Lipinski definition) is 0. The predicted molar refractivity (Wildman–Crippen MR) is 149 cm³/mol. The predicted octanol–water partition coefficient (Wildman–Crippen LogP) is 5.22. The summed E-state index contributed by atoms with van der Waals surface area (Å²) >= 11 is 0. The molecular formula is C32H35N3O5. The Kier molecular flexibility index (Phi) is 7.26. The fourth-order valence-electron chi connectivity index (χ4n) is 6.45. The number of fused-ring (bicyclic) bond motifs is 3. The van der Waals surface area contributed by atoms with E-state index in [4.69, 9.17) is 4.74 Å². The molecule has 0 spiro atoms. The Hall–Kier alpha value is -3.99. The van der Waals surface area contributed by atoms with E-state index in [0.29, 0.717) is 12.1 Å². The Morgan fingerprint density at radius 3 is 2.42 bits per heavy atom. The summed E-state index contributed by atoms with van der Waals surface area (Å²) in [6.45, 7) is 6.84. The van der Waals surface area contributed by atoms with Crippen LogP contribution in [0.15, 0.2) is 42.5 Å². The van der Waals surface area contributed by atoms with Gasteiger partial charge in [0.1, 0.15) is 5.60 Å². The molecule has 1 saturated heterocycles. The van der Waals surface area contributed by atoms with Gasteiger partial charge >= 0.3 is 6.09 Å². The highest BCUT2D eigenvalue weighted by molar-refractivity contribution is 6.18. The van der Waals surface area contributed by atoms with Gasteiger partial charge in [-0.3, -0.25) is 24.2 Å². The average molecular weight is 542 g/mol. The number of ether oxygens (including phenoxy) is 1. The van der Waals surface area contributed by atoms with Crippen molar-refractivity contribution in [1.82, 2.24) is 4.90 Å². The lowest BCUT2D eigenvalue weighted by molar-refractivity contribution is -0.126. The highest BCUT2D eigenvalue weighted by Gasteiger charge is 2.52. The number of hydrogen-bond acceptors (Lipinski definition) is 6. The lowest BCUT2D eigenvalue weighted by Crippen LogP contribution is -2.51. The van der Waals surface area contributed by atoms with E-state index in [2.05, 4.69) is 6.07 Å². The second-order valence-electron chi connectivity index (χ2n) is 12.2. The number of carbonyl (C=O) groups is 4. The molecule has 2 fully saturated rings. The van der Waals surface area contributed by atoms with Gasteiger partial charge in [0.05, 0.1) is 30.1 Å². The van der Waals surface area contributed by atoms with Crippen LogP contribution in [0, 0.1) is 23.2 Å². The van der Waals surface area contributed by atoms with E-state index in [-0.39, 0.29) is 42.4 Å². The first-order chi connectivity index (χ1) is 18.9. The molecule has 5 rings (SSSR count). The van der Waals surface area contributed by atoms with Crippen LogP contribution in [0.4, 0.5) is 10.5 Å². The fourth-order valence-corrected chi connectivity index (χ4v) is 6.45. The number of ketones is 1. The minimum atomic E-state index is -0.641. The summed E-state index contributed by atoms with van der Waals surface area (Å²) in [5, 5.41) is 9.88. The maximum atomic E-state index is 13.5. The van der Waals surface area contributed by atoms with Crippen molar-refractivity contribution < 1.29 is 23.9 Å². The van der Waals surface area contributed by atoms with Crippen molar-refractivity contribution in [3.8, 4) is 17.2 Å². The maximum absolute atomic E-state index is 13.5. The molecule has 4 atom stereocenters. The van der Waals surface area contributed by atoms with Gasteiger partial charge in [0, 0.05) is 19.4 Å². The van der Waals surface area contributed by atoms with Gasteiger partial charge in [-0.05, 0) is 80.7 Å². The van der Waals surface area contributed by atoms with Crippen molar-refractivity contribution in [3.05, 3.63) is 53.6 Å². The van der Waals surface area contributed by atoms with Gasteiger partial charge in [-0.25, -0.2) is 4.79 Å². The van der Waals surface area contributed by atoms with Gasteiger partial charge in [0.2, 0.25) is 11.8 Å². The molecule has 8 nitrogen and oxygen atoms in total. The molecule has 8 heteroatoms. The van der Waals surface area contributed by atoms with Crippen LogP contribution >= 0.6 is 0 Å². The first-order valence-corrected chi connectivity index (χ1v) is 13.9. The molecule has 40 heavy (non-hydrogen) atoms. The zero-order valence-electron chi connectivity index (χ0n) is 23.5. The first-order valence-electron chi connectivity index (χ1n) is 13.9. The molecule has 2 aliphatic heterocycles. The van der Waals surface area contributed by atoms with E-state index in [1.807, 2.05) is 63.2 Å². The number of likely N-dealkylation sites (tertiary alicyclic amines) is 1. The molecule has 2 aromatic carbocycles. The first kappa shape index (κ1) is 27.6. The van der Waals surface area contributed by atoms with Gasteiger partial charge in [-0.1, -0.05) is 36.4 Å². The molecule has 0 aromatic heterocycles. The van der Waals surface area contributed by atoms with E-state index in [1.165, 1.54) is 11.8 Å². The Morgan fingerprint density at radius 2 is 1.77 bits per heavy atom. The van der Waals surface area contributed by atoms with E-state index in [1.54, 1.807) is 4.90 Å². The third-order valence-corrected chi connectivity index (χ3v) is 8.15. The molecule has 3 amide bonds. The van der Waals surface area contributed by atoms with E-state index in [0.717, 1.165) is 41.5 Å². The van der Waals surface area contributed by atoms with E-state index < -0.39 is 23.7 Å². The molecule has 0 radical (unpaired) electrons. The third kappa shape index (κ3) is 5.38. The number of Topliss-reactive ketones (excluding diaryl/α,β-unsaturated/α-hetero) is 1. The number of nitriles is 1. The van der Waals surface area contributed by atoms with Gasteiger partial charge in [-0.2, -0.15) is 5.26 Å². The molecule has 0 unspecified atom stereocenters. The average Bonchev–Trinajstić information content (AvgIpc) is 3.59. The molecule has 2 aromatic rings. The van der Waals surface area contributed by atoms with Crippen LogP contribution in [0.25, 0.3) is 11.1 Å². The summed E-state index contributed by atoms with van der Waals surface area (Å²) in [5.74, 6) is -0.957. The highest BCUT2D eigenvalue weighted by atomic mass is 16.6. The maximum Gasteiger partial charge on any atom is 0.411 e. The lowest BCUT2D eigenvalue weighted by atomic mass is 9.87. The standard InChI is InChI=1S/C32H35N3O5/c1-19(36)34-27-16-23(9-10-24(27)17-29(34)38)22-7-5-20(6-8-22)13-21(18-33)14-28(37)30-25-11-12-26(15-25)35(30)31(39)40-32(2,3)4/h5-10,16,21,25-26,30H,11-15,17H2,1-4H3/t21-,25+,26-,30+/m1/s1. The van der Waals surface area contributed by atoms with E-state index >= 15 is 0 Å². The number of nitrogens with zero attached hydrogens (tertiary/aromatic N) is 3. The van der Waals surface area contributed by atoms with Crippen LogP contribution in [0.2, 0.25) is 0 Å². The minimum Gasteiger partial charge on any atom is -0.444 e.